The molecule has 78 valence electrons. The summed E-state index contributed by atoms with van der Waals surface area (Å²) in [5.74, 6) is 0.409. The normalized spacial score (nSPS) is 24.2. The fourth-order valence-electron chi connectivity index (χ4n) is 2.01. The molecule has 1 aliphatic heterocycles. The van der Waals surface area contributed by atoms with Crippen molar-refractivity contribution < 1.29 is 14.6 Å². The summed E-state index contributed by atoms with van der Waals surface area (Å²) in [6.45, 7) is 4.66. The van der Waals surface area contributed by atoms with E-state index in [1.807, 2.05) is 0 Å². The summed E-state index contributed by atoms with van der Waals surface area (Å²) in [4.78, 5) is 0. The van der Waals surface area contributed by atoms with Crippen LogP contribution in [-0.4, -0.2) is 38.6 Å². The van der Waals surface area contributed by atoms with Crippen LogP contribution in [-0.2, 0) is 9.47 Å². The van der Waals surface area contributed by atoms with Crippen molar-refractivity contribution >= 4 is 0 Å². The minimum Gasteiger partial charge on any atom is -0.396 e. The monoisotopic (exact) mass is 188 g/mol. The Labute approximate surface area is 80.0 Å². The summed E-state index contributed by atoms with van der Waals surface area (Å²) in [5.41, 5.74) is 0.0360. The maximum absolute atomic E-state index is 9.43. The van der Waals surface area contributed by atoms with E-state index in [9.17, 15) is 5.11 Å². The largest absolute Gasteiger partial charge is 0.396 e. The summed E-state index contributed by atoms with van der Waals surface area (Å²) in [6, 6.07) is 0. The van der Waals surface area contributed by atoms with Gasteiger partial charge in [-0.2, -0.15) is 0 Å². The second kappa shape index (κ2) is 4.94. The van der Waals surface area contributed by atoms with E-state index in [0.29, 0.717) is 5.92 Å². The first-order valence-electron chi connectivity index (χ1n) is 4.93. The Balaban J connectivity index is 2.55. The van der Waals surface area contributed by atoms with Crippen LogP contribution in [0.2, 0.25) is 0 Å². The Bertz CT molecular complexity index is 141. The number of methoxy groups -OCH3 is 1. The molecule has 0 aromatic rings. The molecule has 3 heteroatoms. The van der Waals surface area contributed by atoms with Gasteiger partial charge >= 0.3 is 0 Å². The Morgan fingerprint density at radius 2 is 2.08 bits per heavy atom. The number of hydrogen-bond acceptors (Lipinski definition) is 3. The van der Waals surface area contributed by atoms with Crippen LogP contribution < -0.4 is 0 Å². The van der Waals surface area contributed by atoms with Crippen molar-refractivity contribution in [3.63, 3.8) is 0 Å². The minimum atomic E-state index is 0.0360. The molecule has 1 rings (SSSR count). The molecular weight excluding hydrogens is 168 g/mol. The zero-order valence-corrected chi connectivity index (χ0v) is 8.58. The van der Waals surface area contributed by atoms with E-state index in [1.165, 1.54) is 0 Å². The number of aliphatic hydroxyl groups excluding tert-OH is 1. The predicted molar refractivity (Wildman–Crippen MR) is 50.6 cm³/mol. The van der Waals surface area contributed by atoms with Crippen LogP contribution >= 0.6 is 0 Å². The first kappa shape index (κ1) is 11.0. The summed E-state index contributed by atoms with van der Waals surface area (Å²) in [5, 5.41) is 9.43. The molecule has 0 aromatic heterocycles. The van der Waals surface area contributed by atoms with Crippen molar-refractivity contribution in [3.05, 3.63) is 0 Å². The van der Waals surface area contributed by atoms with E-state index < -0.39 is 0 Å². The van der Waals surface area contributed by atoms with Gasteiger partial charge in [0.15, 0.2) is 0 Å². The second-order valence-electron chi connectivity index (χ2n) is 3.99. The Kier molecular flexibility index (Phi) is 4.16. The molecule has 1 heterocycles. The van der Waals surface area contributed by atoms with Gasteiger partial charge in [0, 0.05) is 39.0 Å². The summed E-state index contributed by atoms with van der Waals surface area (Å²) in [6.07, 6.45) is 1.90. The van der Waals surface area contributed by atoms with Gasteiger partial charge in [-0.25, -0.2) is 0 Å². The molecule has 0 bridgehead atoms. The van der Waals surface area contributed by atoms with Crippen LogP contribution in [0.5, 0.6) is 0 Å². The smallest absolute Gasteiger partial charge is 0.0494 e. The van der Waals surface area contributed by atoms with Crippen molar-refractivity contribution in [1.29, 1.82) is 0 Å². The quantitative estimate of drug-likeness (QED) is 0.717. The first-order chi connectivity index (χ1) is 6.25. The highest BCUT2D eigenvalue weighted by molar-refractivity contribution is 4.85. The molecule has 13 heavy (non-hydrogen) atoms. The number of rotatable bonds is 4. The highest BCUT2D eigenvalue weighted by Crippen LogP contribution is 2.37. The fraction of sp³-hybridized carbons (Fsp3) is 1.00. The molecule has 1 unspecified atom stereocenters. The lowest BCUT2D eigenvalue weighted by Crippen LogP contribution is -2.40. The van der Waals surface area contributed by atoms with Gasteiger partial charge in [0.05, 0.1) is 0 Å². The second-order valence-corrected chi connectivity index (χ2v) is 3.99. The van der Waals surface area contributed by atoms with Gasteiger partial charge in [0.2, 0.25) is 0 Å². The molecule has 0 amide bonds. The highest BCUT2D eigenvalue weighted by Gasteiger charge is 2.37. The van der Waals surface area contributed by atoms with E-state index in [1.54, 1.807) is 7.11 Å². The number of ether oxygens (including phenoxy) is 2. The lowest BCUT2D eigenvalue weighted by atomic mass is 9.71. The number of hydrogen-bond donors (Lipinski definition) is 1. The molecule has 0 saturated carbocycles. The van der Waals surface area contributed by atoms with Gasteiger partial charge in [-0.3, -0.25) is 0 Å². The number of aliphatic hydroxyl groups is 1. The lowest BCUT2D eigenvalue weighted by molar-refractivity contribution is -0.0625. The molecule has 0 aliphatic carbocycles. The van der Waals surface area contributed by atoms with Crippen LogP contribution in [0, 0.1) is 11.3 Å². The molecule has 1 N–H and O–H groups in total. The maximum atomic E-state index is 9.43. The van der Waals surface area contributed by atoms with Crippen molar-refractivity contribution in [2.24, 2.45) is 11.3 Å². The zero-order valence-electron chi connectivity index (χ0n) is 8.58. The van der Waals surface area contributed by atoms with Crippen molar-refractivity contribution in [1.82, 2.24) is 0 Å². The van der Waals surface area contributed by atoms with E-state index in [0.717, 1.165) is 32.7 Å². The topological polar surface area (TPSA) is 38.7 Å². The van der Waals surface area contributed by atoms with Crippen LogP contribution in [0.3, 0.4) is 0 Å². The lowest BCUT2D eigenvalue weighted by Gasteiger charge is -2.40. The third kappa shape index (κ3) is 2.42. The minimum absolute atomic E-state index is 0.0360. The third-order valence-electron chi connectivity index (χ3n) is 3.27. The van der Waals surface area contributed by atoms with Crippen molar-refractivity contribution in [2.45, 2.75) is 19.8 Å². The molecular formula is C10H20O3. The SMILES string of the molecule is COCC(C)C1(CO)CCOCC1. The van der Waals surface area contributed by atoms with E-state index in [2.05, 4.69) is 6.92 Å². The third-order valence-corrected chi connectivity index (χ3v) is 3.27. The highest BCUT2D eigenvalue weighted by atomic mass is 16.5. The predicted octanol–water partition coefficient (Wildman–Crippen LogP) is 1.06. The van der Waals surface area contributed by atoms with E-state index >= 15 is 0 Å². The average molecular weight is 188 g/mol. The summed E-state index contributed by atoms with van der Waals surface area (Å²) < 4.78 is 10.4. The van der Waals surface area contributed by atoms with Crippen LogP contribution in [0.25, 0.3) is 0 Å². The van der Waals surface area contributed by atoms with Gasteiger partial charge in [-0.1, -0.05) is 6.92 Å². The summed E-state index contributed by atoms with van der Waals surface area (Å²) >= 11 is 0. The molecule has 0 radical (unpaired) electrons. The van der Waals surface area contributed by atoms with Crippen LogP contribution in [0.1, 0.15) is 19.8 Å². The Morgan fingerprint density at radius 1 is 1.46 bits per heavy atom. The van der Waals surface area contributed by atoms with E-state index in [4.69, 9.17) is 9.47 Å². The van der Waals surface area contributed by atoms with Gasteiger partial charge in [-0.15, -0.1) is 0 Å². The van der Waals surface area contributed by atoms with Crippen molar-refractivity contribution in [2.75, 3.05) is 33.5 Å². The first-order valence-corrected chi connectivity index (χ1v) is 4.93. The standard InChI is InChI=1S/C10H20O3/c1-9(7-12-2)10(8-11)3-5-13-6-4-10/h9,11H,3-8H2,1-2H3. The van der Waals surface area contributed by atoms with Gasteiger partial charge in [0.1, 0.15) is 0 Å². The summed E-state index contributed by atoms with van der Waals surface area (Å²) in [7, 11) is 1.71. The van der Waals surface area contributed by atoms with Crippen LogP contribution in [0.4, 0.5) is 0 Å². The molecule has 3 nitrogen and oxygen atoms in total. The molecule has 1 aliphatic rings. The average Bonchev–Trinajstić information content (AvgIpc) is 2.19. The molecule has 0 aromatic carbocycles. The van der Waals surface area contributed by atoms with Gasteiger partial charge in [-0.05, 0) is 18.8 Å². The fourth-order valence-corrected chi connectivity index (χ4v) is 2.01. The van der Waals surface area contributed by atoms with E-state index in [-0.39, 0.29) is 12.0 Å². The molecule has 1 atom stereocenters. The van der Waals surface area contributed by atoms with Crippen molar-refractivity contribution in [3.8, 4) is 0 Å². The maximum Gasteiger partial charge on any atom is 0.0494 e. The molecule has 0 spiro atoms. The Hall–Kier alpha value is -0.120. The zero-order chi connectivity index (χ0) is 9.73. The Morgan fingerprint density at radius 3 is 2.54 bits per heavy atom. The molecule has 1 fully saturated rings. The van der Waals surface area contributed by atoms with Gasteiger partial charge in [0.25, 0.3) is 0 Å². The molecule has 1 saturated heterocycles. The van der Waals surface area contributed by atoms with Crippen LogP contribution in [0.15, 0.2) is 0 Å². The van der Waals surface area contributed by atoms with Gasteiger partial charge < -0.3 is 14.6 Å².